The summed E-state index contributed by atoms with van der Waals surface area (Å²) in [5.41, 5.74) is 6.58. The zero-order valence-electron chi connectivity index (χ0n) is 10.4. The van der Waals surface area contributed by atoms with Crippen molar-refractivity contribution >= 4 is 0 Å². The maximum absolute atomic E-state index is 6.53. The van der Waals surface area contributed by atoms with E-state index < -0.39 is 0 Å². The molecular formula is C13H23N3. The molecule has 1 fully saturated rings. The lowest BCUT2D eigenvalue weighted by Gasteiger charge is -2.39. The van der Waals surface area contributed by atoms with Crippen LogP contribution in [0.3, 0.4) is 0 Å². The van der Waals surface area contributed by atoms with E-state index in [4.69, 9.17) is 5.73 Å². The molecule has 2 rings (SSSR count). The van der Waals surface area contributed by atoms with E-state index in [1.54, 1.807) is 0 Å². The van der Waals surface area contributed by atoms with Crippen molar-refractivity contribution in [3.63, 3.8) is 0 Å². The van der Waals surface area contributed by atoms with Crippen molar-refractivity contribution in [2.24, 2.45) is 18.7 Å². The second-order valence-corrected chi connectivity index (χ2v) is 5.33. The second-order valence-electron chi connectivity index (χ2n) is 5.33. The van der Waals surface area contributed by atoms with Crippen LogP contribution in [-0.2, 0) is 13.5 Å². The van der Waals surface area contributed by atoms with Crippen molar-refractivity contribution in [3.05, 3.63) is 18.2 Å². The molecule has 2 unspecified atom stereocenters. The number of nitrogens with two attached hydrogens (primary N) is 1. The van der Waals surface area contributed by atoms with Crippen molar-refractivity contribution < 1.29 is 0 Å². The van der Waals surface area contributed by atoms with Crippen molar-refractivity contribution in [1.29, 1.82) is 0 Å². The summed E-state index contributed by atoms with van der Waals surface area (Å²) in [7, 11) is 2.05. The van der Waals surface area contributed by atoms with Crippen LogP contribution in [0, 0.1) is 5.92 Å². The van der Waals surface area contributed by atoms with E-state index in [2.05, 4.69) is 23.5 Å². The molecule has 0 bridgehead atoms. The van der Waals surface area contributed by atoms with Crippen LogP contribution < -0.4 is 5.73 Å². The van der Waals surface area contributed by atoms with Gasteiger partial charge in [0.05, 0.1) is 0 Å². The van der Waals surface area contributed by atoms with Gasteiger partial charge < -0.3 is 10.3 Å². The van der Waals surface area contributed by atoms with E-state index in [-0.39, 0.29) is 5.54 Å². The van der Waals surface area contributed by atoms with E-state index in [9.17, 15) is 0 Å². The minimum Gasteiger partial charge on any atom is -0.338 e. The molecule has 0 aromatic carbocycles. The first-order valence-electron chi connectivity index (χ1n) is 6.37. The molecule has 1 heterocycles. The van der Waals surface area contributed by atoms with Gasteiger partial charge in [0.2, 0.25) is 0 Å². The monoisotopic (exact) mass is 221 g/mol. The van der Waals surface area contributed by atoms with Gasteiger partial charge in [-0.15, -0.1) is 0 Å². The van der Waals surface area contributed by atoms with E-state index in [1.165, 1.54) is 25.7 Å². The topological polar surface area (TPSA) is 43.8 Å². The van der Waals surface area contributed by atoms with E-state index in [0.29, 0.717) is 5.92 Å². The van der Waals surface area contributed by atoms with Crippen LogP contribution in [-0.4, -0.2) is 15.1 Å². The summed E-state index contributed by atoms with van der Waals surface area (Å²) in [4.78, 5) is 4.36. The van der Waals surface area contributed by atoms with Gasteiger partial charge in [0.25, 0.3) is 0 Å². The molecular weight excluding hydrogens is 198 g/mol. The zero-order valence-corrected chi connectivity index (χ0v) is 10.4. The molecule has 90 valence electrons. The highest BCUT2D eigenvalue weighted by atomic mass is 15.0. The van der Waals surface area contributed by atoms with Gasteiger partial charge in [0.1, 0.15) is 5.82 Å². The minimum atomic E-state index is 0.0458. The third-order valence-electron chi connectivity index (χ3n) is 4.25. The largest absolute Gasteiger partial charge is 0.338 e. The number of aromatic nitrogens is 2. The number of rotatable bonds is 3. The molecule has 0 radical (unpaired) electrons. The summed E-state index contributed by atoms with van der Waals surface area (Å²) in [5.74, 6) is 1.81. The van der Waals surface area contributed by atoms with Crippen LogP contribution in [0.15, 0.2) is 12.4 Å². The first-order chi connectivity index (χ1) is 7.62. The van der Waals surface area contributed by atoms with Gasteiger partial charge in [-0.2, -0.15) is 0 Å². The van der Waals surface area contributed by atoms with Crippen molar-refractivity contribution in [3.8, 4) is 0 Å². The van der Waals surface area contributed by atoms with Gasteiger partial charge in [-0.1, -0.05) is 19.8 Å². The Hall–Kier alpha value is -0.830. The standard InChI is InChI=1S/C13H23N3/c1-11-5-3-4-7-13(11,14)8-6-12-15-9-10-16(12)2/h9-11H,3-8,14H2,1-2H3. The highest BCUT2D eigenvalue weighted by Gasteiger charge is 2.33. The summed E-state index contributed by atoms with van der Waals surface area (Å²) in [5, 5.41) is 0. The molecule has 1 saturated carbocycles. The molecule has 0 saturated heterocycles. The Morgan fingerprint density at radius 1 is 1.56 bits per heavy atom. The normalized spacial score (nSPS) is 30.6. The number of hydrogen-bond acceptors (Lipinski definition) is 2. The molecule has 3 nitrogen and oxygen atoms in total. The fourth-order valence-corrected chi connectivity index (χ4v) is 2.79. The lowest BCUT2D eigenvalue weighted by atomic mass is 9.72. The maximum Gasteiger partial charge on any atom is 0.108 e. The Bertz CT molecular complexity index is 345. The Kier molecular flexibility index (Phi) is 3.33. The fraction of sp³-hybridized carbons (Fsp3) is 0.769. The molecule has 1 aromatic rings. The summed E-state index contributed by atoms with van der Waals surface area (Å²) >= 11 is 0. The fourth-order valence-electron chi connectivity index (χ4n) is 2.79. The van der Waals surface area contributed by atoms with Crippen LogP contribution in [0.1, 0.15) is 44.9 Å². The Balaban J connectivity index is 1.96. The third-order valence-corrected chi connectivity index (χ3v) is 4.25. The van der Waals surface area contributed by atoms with Crippen LogP contribution in [0.2, 0.25) is 0 Å². The van der Waals surface area contributed by atoms with Crippen molar-refractivity contribution in [2.45, 2.75) is 51.0 Å². The second kappa shape index (κ2) is 4.58. The molecule has 3 heteroatoms. The number of hydrogen-bond donors (Lipinski definition) is 1. The molecule has 2 atom stereocenters. The first kappa shape index (κ1) is 11.6. The van der Waals surface area contributed by atoms with Crippen LogP contribution in [0.25, 0.3) is 0 Å². The molecule has 1 aliphatic rings. The predicted molar refractivity (Wildman–Crippen MR) is 66.1 cm³/mol. The summed E-state index contributed by atoms with van der Waals surface area (Å²) in [6.45, 7) is 2.30. The smallest absolute Gasteiger partial charge is 0.108 e. The average Bonchev–Trinajstić information content (AvgIpc) is 2.66. The van der Waals surface area contributed by atoms with Gasteiger partial charge in [-0.05, 0) is 25.2 Å². The number of aryl methyl sites for hydroxylation is 2. The van der Waals surface area contributed by atoms with Gasteiger partial charge in [-0.3, -0.25) is 0 Å². The first-order valence-corrected chi connectivity index (χ1v) is 6.37. The molecule has 0 spiro atoms. The predicted octanol–water partition coefficient (Wildman–Crippen LogP) is 2.26. The number of nitrogens with zero attached hydrogens (tertiary/aromatic N) is 2. The van der Waals surface area contributed by atoms with Crippen molar-refractivity contribution in [1.82, 2.24) is 9.55 Å². The quantitative estimate of drug-likeness (QED) is 0.851. The summed E-state index contributed by atoms with van der Waals surface area (Å²) in [6, 6.07) is 0. The molecule has 1 aromatic heterocycles. The van der Waals surface area contributed by atoms with Gasteiger partial charge in [0, 0.05) is 31.4 Å². The molecule has 16 heavy (non-hydrogen) atoms. The highest BCUT2D eigenvalue weighted by Crippen LogP contribution is 2.34. The molecule has 2 N–H and O–H groups in total. The Morgan fingerprint density at radius 3 is 3.00 bits per heavy atom. The van der Waals surface area contributed by atoms with Crippen LogP contribution in [0.5, 0.6) is 0 Å². The van der Waals surface area contributed by atoms with E-state index in [0.717, 1.165) is 18.7 Å². The van der Waals surface area contributed by atoms with Gasteiger partial charge in [0.15, 0.2) is 0 Å². The van der Waals surface area contributed by atoms with E-state index >= 15 is 0 Å². The van der Waals surface area contributed by atoms with Crippen LogP contribution >= 0.6 is 0 Å². The zero-order chi connectivity index (χ0) is 11.6. The Morgan fingerprint density at radius 2 is 2.38 bits per heavy atom. The lowest BCUT2D eigenvalue weighted by Crippen LogP contribution is -2.48. The number of imidazole rings is 1. The van der Waals surface area contributed by atoms with E-state index in [1.807, 2.05) is 12.4 Å². The van der Waals surface area contributed by atoms with Gasteiger partial charge >= 0.3 is 0 Å². The summed E-state index contributed by atoms with van der Waals surface area (Å²) in [6.07, 6.45) is 11.1. The molecule has 0 amide bonds. The molecule has 1 aliphatic carbocycles. The summed E-state index contributed by atoms with van der Waals surface area (Å²) < 4.78 is 2.09. The third kappa shape index (κ3) is 2.29. The maximum atomic E-state index is 6.53. The SMILES string of the molecule is CC1CCCCC1(N)CCc1nccn1C. The lowest BCUT2D eigenvalue weighted by molar-refractivity contribution is 0.191. The van der Waals surface area contributed by atoms with Gasteiger partial charge in [-0.25, -0.2) is 4.98 Å². The van der Waals surface area contributed by atoms with Crippen LogP contribution in [0.4, 0.5) is 0 Å². The van der Waals surface area contributed by atoms with Crippen molar-refractivity contribution in [2.75, 3.05) is 0 Å². The highest BCUT2D eigenvalue weighted by molar-refractivity contribution is 4.98. The minimum absolute atomic E-state index is 0.0458. The average molecular weight is 221 g/mol. The molecule has 0 aliphatic heterocycles. The Labute approximate surface area is 98.1 Å².